The molecule has 0 aliphatic heterocycles. The van der Waals surface area contributed by atoms with Crippen LogP contribution < -0.4 is 22.1 Å². The summed E-state index contributed by atoms with van der Waals surface area (Å²) in [7, 11) is 0. The quantitative estimate of drug-likeness (QED) is 0.419. The smallest absolute Gasteiger partial charge is 0.216 e. The predicted molar refractivity (Wildman–Crippen MR) is 65.7 cm³/mol. The minimum absolute atomic E-state index is 0.0196. The largest absolute Gasteiger partial charge is 0.399 e. The number of hydrogen-bond acceptors (Lipinski definition) is 4. The van der Waals surface area contributed by atoms with E-state index in [4.69, 9.17) is 11.5 Å². The van der Waals surface area contributed by atoms with Gasteiger partial charge in [0.25, 0.3) is 0 Å². The van der Waals surface area contributed by atoms with Crippen molar-refractivity contribution < 1.29 is 4.79 Å². The summed E-state index contributed by atoms with van der Waals surface area (Å²) in [5.41, 5.74) is 13.7. The topological polar surface area (TPSA) is 93.2 Å². The Hall–Kier alpha value is -1.75. The number of carbonyl (C=O) groups is 1. The second-order valence-corrected chi connectivity index (χ2v) is 3.62. The molecule has 0 radical (unpaired) electrons. The molecule has 16 heavy (non-hydrogen) atoms. The summed E-state index contributed by atoms with van der Waals surface area (Å²) in [6.07, 6.45) is 0. The predicted octanol–water partition coefficient (Wildman–Crippen LogP) is 0.0767. The third kappa shape index (κ3) is 4.18. The first-order valence-electron chi connectivity index (χ1n) is 5.18. The lowest BCUT2D eigenvalue weighted by Gasteiger charge is -2.08. The maximum Gasteiger partial charge on any atom is 0.216 e. The lowest BCUT2D eigenvalue weighted by molar-refractivity contribution is -0.118. The Balaban J connectivity index is 2.29. The maximum absolute atomic E-state index is 10.6. The van der Waals surface area contributed by atoms with Gasteiger partial charge in [0.05, 0.1) is 0 Å². The molecule has 0 aromatic heterocycles. The van der Waals surface area contributed by atoms with Crippen LogP contribution in [0.5, 0.6) is 0 Å². The molecular formula is C11H18N4O. The summed E-state index contributed by atoms with van der Waals surface area (Å²) < 4.78 is 0. The lowest BCUT2D eigenvalue weighted by Crippen LogP contribution is -2.30. The second-order valence-electron chi connectivity index (χ2n) is 3.62. The van der Waals surface area contributed by atoms with Crippen molar-refractivity contribution in [2.24, 2.45) is 0 Å². The second kappa shape index (κ2) is 5.97. The molecular weight excluding hydrogens is 204 g/mol. The van der Waals surface area contributed by atoms with E-state index in [1.54, 1.807) is 6.07 Å². The highest BCUT2D eigenvalue weighted by atomic mass is 16.1. The van der Waals surface area contributed by atoms with Crippen LogP contribution in [0.2, 0.25) is 0 Å². The number of nitrogens with two attached hydrogens (primary N) is 2. The Labute approximate surface area is 95.2 Å². The average Bonchev–Trinajstić information content (AvgIpc) is 2.20. The molecule has 1 rings (SSSR count). The average molecular weight is 222 g/mol. The summed E-state index contributed by atoms with van der Waals surface area (Å²) >= 11 is 0. The van der Waals surface area contributed by atoms with Crippen LogP contribution in [0.3, 0.4) is 0 Å². The molecule has 0 aliphatic carbocycles. The molecule has 5 heteroatoms. The Morgan fingerprint density at radius 2 is 2.06 bits per heavy atom. The fraction of sp³-hybridized carbons (Fsp3) is 0.364. The normalized spacial score (nSPS) is 10.1. The number of benzene rings is 1. The molecule has 0 saturated carbocycles. The van der Waals surface area contributed by atoms with Crippen LogP contribution >= 0.6 is 0 Å². The van der Waals surface area contributed by atoms with Gasteiger partial charge in [0.15, 0.2) is 0 Å². The van der Waals surface area contributed by atoms with Crippen molar-refractivity contribution in [2.45, 2.75) is 13.5 Å². The van der Waals surface area contributed by atoms with Crippen LogP contribution in [-0.2, 0) is 11.3 Å². The Kier molecular flexibility index (Phi) is 4.60. The van der Waals surface area contributed by atoms with Gasteiger partial charge in [-0.05, 0) is 17.7 Å². The molecule has 6 N–H and O–H groups in total. The van der Waals surface area contributed by atoms with Gasteiger partial charge in [-0.3, -0.25) is 4.79 Å². The summed E-state index contributed by atoms with van der Waals surface area (Å²) in [6.45, 7) is 3.50. The van der Waals surface area contributed by atoms with Crippen LogP contribution in [-0.4, -0.2) is 19.0 Å². The van der Waals surface area contributed by atoms with Gasteiger partial charge in [-0.2, -0.15) is 0 Å². The fourth-order valence-electron chi connectivity index (χ4n) is 1.32. The molecule has 0 heterocycles. The third-order valence-corrected chi connectivity index (χ3v) is 2.16. The van der Waals surface area contributed by atoms with Crippen molar-refractivity contribution in [3.05, 3.63) is 23.8 Å². The molecule has 1 aromatic rings. The molecule has 0 spiro atoms. The molecule has 0 atom stereocenters. The highest BCUT2D eigenvalue weighted by Crippen LogP contribution is 2.14. The van der Waals surface area contributed by atoms with Gasteiger partial charge in [0.1, 0.15) is 0 Å². The van der Waals surface area contributed by atoms with E-state index in [-0.39, 0.29) is 5.91 Å². The van der Waals surface area contributed by atoms with E-state index >= 15 is 0 Å². The maximum atomic E-state index is 10.6. The molecule has 0 bridgehead atoms. The molecule has 88 valence electrons. The number of carbonyl (C=O) groups excluding carboxylic acids is 1. The standard InChI is InChI=1S/C11H18N4O/c1-8(16)15-5-4-14-7-9-2-3-10(12)6-11(9)13/h2-3,6,14H,4-5,7,12-13H2,1H3,(H,15,16). The van der Waals surface area contributed by atoms with Crippen LogP contribution in [0.1, 0.15) is 12.5 Å². The first-order valence-corrected chi connectivity index (χ1v) is 5.18. The fourth-order valence-corrected chi connectivity index (χ4v) is 1.32. The van der Waals surface area contributed by atoms with E-state index in [1.807, 2.05) is 12.1 Å². The van der Waals surface area contributed by atoms with Gasteiger partial charge in [0.2, 0.25) is 5.91 Å². The number of amides is 1. The first-order chi connectivity index (χ1) is 7.59. The monoisotopic (exact) mass is 222 g/mol. The summed E-state index contributed by atoms with van der Waals surface area (Å²) in [5.74, 6) is -0.0196. The van der Waals surface area contributed by atoms with Crippen molar-refractivity contribution in [2.75, 3.05) is 24.6 Å². The molecule has 5 nitrogen and oxygen atoms in total. The molecule has 1 amide bonds. The third-order valence-electron chi connectivity index (χ3n) is 2.16. The molecule has 0 unspecified atom stereocenters. The molecule has 0 saturated heterocycles. The first kappa shape index (κ1) is 12.3. The summed E-state index contributed by atoms with van der Waals surface area (Å²) in [4.78, 5) is 10.6. The molecule has 0 aliphatic rings. The van der Waals surface area contributed by atoms with Crippen LogP contribution in [0, 0.1) is 0 Å². The summed E-state index contributed by atoms with van der Waals surface area (Å²) in [6, 6.07) is 5.46. The van der Waals surface area contributed by atoms with E-state index in [2.05, 4.69) is 10.6 Å². The van der Waals surface area contributed by atoms with Gasteiger partial charge in [-0.25, -0.2) is 0 Å². The van der Waals surface area contributed by atoms with E-state index < -0.39 is 0 Å². The van der Waals surface area contributed by atoms with Gasteiger partial charge >= 0.3 is 0 Å². The zero-order valence-corrected chi connectivity index (χ0v) is 9.42. The number of anilines is 2. The number of nitrogens with one attached hydrogen (secondary N) is 2. The van der Waals surface area contributed by atoms with Crippen molar-refractivity contribution >= 4 is 17.3 Å². The zero-order valence-electron chi connectivity index (χ0n) is 9.42. The van der Waals surface area contributed by atoms with Crippen LogP contribution in [0.15, 0.2) is 18.2 Å². The van der Waals surface area contributed by atoms with Crippen molar-refractivity contribution in [1.82, 2.24) is 10.6 Å². The van der Waals surface area contributed by atoms with Crippen LogP contribution in [0.4, 0.5) is 11.4 Å². The van der Waals surface area contributed by atoms with E-state index in [0.717, 1.165) is 5.56 Å². The van der Waals surface area contributed by atoms with Crippen molar-refractivity contribution in [3.8, 4) is 0 Å². The number of nitrogen functional groups attached to an aromatic ring is 2. The minimum atomic E-state index is -0.0196. The van der Waals surface area contributed by atoms with E-state index in [9.17, 15) is 4.79 Å². The highest BCUT2D eigenvalue weighted by Gasteiger charge is 1.98. The van der Waals surface area contributed by atoms with Gasteiger partial charge in [-0.1, -0.05) is 6.07 Å². The van der Waals surface area contributed by atoms with E-state index in [1.165, 1.54) is 6.92 Å². The number of rotatable bonds is 5. The van der Waals surface area contributed by atoms with Crippen LogP contribution in [0.25, 0.3) is 0 Å². The van der Waals surface area contributed by atoms with Gasteiger partial charge in [-0.15, -0.1) is 0 Å². The van der Waals surface area contributed by atoms with Gasteiger partial charge < -0.3 is 22.1 Å². The van der Waals surface area contributed by atoms with Crippen molar-refractivity contribution in [3.63, 3.8) is 0 Å². The molecule has 1 aromatic carbocycles. The SMILES string of the molecule is CC(=O)NCCNCc1ccc(N)cc1N. The molecule has 0 fully saturated rings. The number of hydrogen-bond donors (Lipinski definition) is 4. The Morgan fingerprint density at radius 1 is 1.31 bits per heavy atom. The zero-order chi connectivity index (χ0) is 12.0. The van der Waals surface area contributed by atoms with Crippen molar-refractivity contribution in [1.29, 1.82) is 0 Å². The highest BCUT2D eigenvalue weighted by molar-refractivity contribution is 5.72. The Morgan fingerprint density at radius 3 is 2.69 bits per heavy atom. The minimum Gasteiger partial charge on any atom is -0.399 e. The lowest BCUT2D eigenvalue weighted by atomic mass is 10.1. The van der Waals surface area contributed by atoms with Gasteiger partial charge in [0, 0.05) is 37.9 Å². The Bertz CT molecular complexity index is 365. The summed E-state index contributed by atoms with van der Waals surface area (Å²) in [5, 5.41) is 5.88. The van der Waals surface area contributed by atoms with E-state index in [0.29, 0.717) is 31.0 Å².